The molecule has 0 aliphatic rings. The van der Waals surface area contributed by atoms with E-state index in [-0.39, 0.29) is 11.7 Å². The van der Waals surface area contributed by atoms with Crippen molar-refractivity contribution in [2.75, 3.05) is 7.05 Å². The molecule has 26 heavy (non-hydrogen) atoms. The third kappa shape index (κ3) is 3.77. The standard InChI is InChI=1S/C21H23N3O2/c1-3-19-18(13-22-24(19)14-16-9-5-4-6-10-16)21(26)23(2)15-17-11-7-8-12-20(17)25/h4-13,25H,3,14-15H2,1-2H3. The van der Waals surface area contributed by atoms with E-state index in [1.165, 1.54) is 0 Å². The first-order valence-corrected chi connectivity index (χ1v) is 8.71. The molecule has 134 valence electrons. The van der Waals surface area contributed by atoms with Gasteiger partial charge in [0.2, 0.25) is 0 Å². The van der Waals surface area contributed by atoms with Crippen molar-refractivity contribution in [3.63, 3.8) is 0 Å². The van der Waals surface area contributed by atoms with Crippen LogP contribution in [0.4, 0.5) is 0 Å². The average molecular weight is 349 g/mol. The molecule has 5 heteroatoms. The molecule has 0 aliphatic carbocycles. The van der Waals surface area contributed by atoms with E-state index >= 15 is 0 Å². The molecule has 5 nitrogen and oxygen atoms in total. The van der Waals surface area contributed by atoms with Gasteiger partial charge >= 0.3 is 0 Å². The molecule has 3 rings (SSSR count). The molecular weight excluding hydrogens is 326 g/mol. The van der Waals surface area contributed by atoms with Crippen molar-refractivity contribution in [2.24, 2.45) is 0 Å². The molecule has 0 saturated heterocycles. The summed E-state index contributed by atoms with van der Waals surface area (Å²) in [6.45, 7) is 3.01. The summed E-state index contributed by atoms with van der Waals surface area (Å²) in [5.74, 6) is 0.104. The number of carbonyl (C=O) groups is 1. The van der Waals surface area contributed by atoms with Gasteiger partial charge in [-0.2, -0.15) is 5.10 Å². The van der Waals surface area contributed by atoms with Gasteiger partial charge in [-0.3, -0.25) is 9.48 Å². The van der Waals surface area contributed by atoms with Crippen molar-refractivity contribution < 1.29 is 9.90 Å². The number of aromatic hydroxyl groups is 1. The molecule has 0 atom stereocenters. The van der Waals surface area contributed by atoms with E-state index in [1.807, 2.05) is 54.1 Å². The van der Waals surface area contributed by atoms with E-state index < -0.39 is 0 Å². The van der Waals surface area contributed by atoms with Crippen LogP contribution in [0.15, 0.2) is 60.8 Å². The molecule has 1 N–H and O–H groups in total. The maximum atomic E-state index is 12.9. The summed E-state index contributed by atoms with van der Waals surface area (Å²) in [6, 6.07) is 17.1. The van der Waals surface area contributed by atoms with Gasteiger partial charge in [-0.25, -0.2) is 0 Å². The van der Waals surface area contributed by atoms with E-state index in [0.717, 1.165) is 23.2 Å². The molecule has 0 saturated carbocycles. The van der Waals surface area contributed by atoms with Crippen molar-refractivity contribution in [3.8, 4) is 5.75 Å². The highest BCUT2D eigenvalue weighted by molar-refractivity contribution is 5.95. The van der Waals surface area contributed by atoms with Crippen molar-refractivity contribution in [3.05, 3.63) is 83.2 Å². The number of nitrogens with zero attached hydrogens (tertiary/aromatic N) is 3. The van der Waals surface area contributed by atoms with Gasteiger partial charge in [-0.15, -0.1) is 0 Å². The molecule has 1 amide bonds. The lowest BCUT2D eigenvalue weighted by Gasteiger charge is -2.18. The predicted molar refractivity (Wildman–Crippen MR) is 101 cm³/mol. The monoisotopic (exact) mass is 349 g/mol. The van der Waals surface area contributed by atoms with E-state index in [4.69, 9.17) is 0 Å². The number of benzene rings is 2. The van der Waals surface area contributed by atoms with Gasteiger partial charge in [0.15, 0.2) is 0 Å². The van der Waals surface area contributed by atoms with Crippen molar-refractivity contribution in [2.45, 2.75) is 26.4 Å². The van der Waals surface area contributed by atoms with Crippen molar-refractivity contribution in [1.82, 2.24) is 14.7 Å². The second-order valence-electron chi connectivity index (χ2n) is 6.29. The quantitative estimate of drug-likeness (QED) is 0.741. The number of aromatic nitrogens is 2. The molecule has 0 unspecified atom stereocenters. The molecular formula is C21H23N3O2. The molecule has 3 aromatic rings. The van der Waals surface area contributed by atoms with Crippen LogP contribution in [0, 0.1) is 0 Å². The number of phenolic OH excluding ortho intramolecular Hbond substituents is 1. The zero-order valence-electron chi connectivity index (χ0n) is 15.1. The van der Waals surface area contributed by atoms with E-state index in [9.17, 15) is 9.90 Å². The van der Waals surface area contributed by atoms with E-state index in [0.29, 0.717) is 18.7 Å². The molecule has 0 bridgehead atoms. The van der Waals surface area contributed by atoms with Crippen LogP contribution in [-0.2, 0) is 19.5 Å². The zero-order valence-corrected chi connectivity index (χ0v) is 15.1. The molecule has 1 heterocycles. The minimum atomic E-state index is -0.0931. The third-order valence-electron chi connectivity index (χ3n) is 4.43. The number of carbonyl (C=O) groups excluding carboxylic acids is 1. The lowest BCUT2D eigenvalue weighted by atomic mass is 10.1. The maximum Gasteiger partial charge on any atom is 0.257 e. The number of para-hydroxylation sites is 1. The average Bonchev–Trinajstić information content (AvgIpc) is 3.06. The van der Waals surface area contributed by atoms with Crippen LogP contribution in [0.5, 0.6) is 5.75 Å². The van der Waals surface area contributed by atoms with Gasteiger partial charge < -0.3 is 10.0 Å². The molecule has 0 fully saturated rings. The Morgan fingerprint density at radius 1 is 1.12 bits per heavy atom. The summed E-state index contributed by atoms with van der Waals surface area (Å²) in [5.41, 5.74) is 3.40. The summed E-state index contributed by atoms with van der Waals surface area (Å²) in [7, 11) is 1.74. The van der Waals surface area contributed by atoms with Crippen LogP contribution >= 0.6 is 0 Å². The van der Waals surface area contributed by atoms with Gasteiger partial charge in [0.1, 0.15) is 5.75 Å². The number of amides is 1. The Hall–Kier alpha value is -3.08. The molecule has 1 aromatic heterocycles. The van der Waals surface area contributed by atoms with E-state index in [2.05, 4.69) is 5.10 Å². The molecule has 2 aromatic carbocycles. The van der Waals surface area contributed by atoms with Gasteiger partial charge in [0.05, 0.1) is 24.0 Å². The van der Waals surface area contributed by atoms with Crippen LogP contribution < -0.4 is 0 Å². The summed E-state index contributed by atoms with van der Waals surface area (Å²) in [5, 5.41) is 14.4. The highest BCUT2D eigenvalue weighted by atomic mass is 16.3. The zero-order chi connectivity index (χ0) is 18.5. The number of hydrogen-bond donors (Lipinski definition) is 1. The fourth-order valence-electron chi connectivity index (χ4n) is 3.03. The van der Waals surface area contributed by atoms with Crippen LogP contribution in [-0.4, -0.2) is 32.7 Å². The number of rotatable bonds is 6. The fraction of sp³-hybridized carbons (Fsp3) is 0.238. The second kappa shape index (κ2) is 7.87. The number of phenols is 1. The number of hydrogen-bond acceptors (Lipinski definition) is 3. The normalized spacial score (nSPS) is 10.7. The van der Waals surface area contributed by atoms with Crippen LogP contribution in [0.3, 0.4) is 0 Å². The third-order valence-corrected chi connectivity index (χ3v) is 4.43. The minimum Gasteiger partial charge on any atom is -0.508 e. The Balaban J connectivity index is 1.80. The lowest BCUT2D eigenvalue weighted by Crippen LogP contribution is -2.27. The highest BCUT2D eigenvalue weighted by Crippen LogP contribution is 2.20. The fourth-order valence-corrected chi connectivity index (χ4v) is 3.03. The van der Waals surface area contributed by atoms with Gasteiger partial charge in [0.25, 0.3) is 5.91 Å². The lowest BCUT2D eigenvalue weighted by molar-refractivity contribution is 0.0783. The van der Waals surface area contributed by atoms with Crippen molar-refractivity contribution in [1.29, 1.82) is 0 Å². The van der Waals surface area contributed by atoms with Crippen molar-refractivity contribution >= 4 is 5.91 Å². The Labute approximate surface area is 153 Å². The second-order valence-corrected chi connectivity index (χ2v) is 6.29. The highest BCUT2D eigenvalue weighted by Gasteiger charge is 2.20. The first-order chi connectivity index (χ1) is 12.6. The maximum absolute atomic E-state index is 12.9. The van der Waals surface area contributed by atoms with Gasteiger partial charge in [-0.1, -0.05) is 55.5 Å². The smallest absolute Gasteiger partial charge is 0.257 e. The summed E-state index contributed by atoms with van der Waals surface area (Å²) < 4.78 is 1.89. The first-order valence-electron chi connectivity index (χ1n) is 8.71. The Morgan fingerprint density at radius 2 is 1.81 bits per heavy atom. The Bertz CT molecular complexity index is 887. The summed E-state index contributed by atoms with van der Waals surface area (Å²) in [6.07, 6.45) is 2.36. The van der Waals surface area contributed by atoms with Crippen LogP contribution in [0.2, 0.25) is 0 Å². The largest absolute Gasteiger partial charge is 0.508 e. The predicted octanol–water partition coefficient (Wildman–Crippen LogP) is 3.47. The molecule has 0 aliphatic heterocycles. The first kappa shape index (κ1) is 17.7. The van der Waals surface area contributed by atoms with E-state index in [1.54, 1.807) is 30.3 Å². The van der Waals surface area contributed by atoms with Crippen LogP contribution in [0.25, 0.3) is 0 Å². The molecule has 0 spiro atoms. The van der Waals surface area contributed by atoms with Crippen LogP contribution in [0.1, 0.15) is 34.1 Å². The summed E-state index contributed by atoms with van der Waals surface area (Å²) in [4.78, 5) is 14.5. The topological polar surface area (TPSA) is 58.4 Å². The summed E-state index contributed by atoms with van der Waals surface area (Å²) >= 11 is 0. The SMILES string of the molecule is CCc1c(C(=O)N(C)Cc2ccccc2O)cnn1Cc1ccccc1. The van der Waals surface area contributed by atoms with Gasteiger partial charge in [-0.05, 0) is 18.1 Å². The Morgan fingerprint density at radius 3 is 2.50 bits per heavy atom. The minimum absolute atomic E-state index is 0.0931. The Kier molecular flexibility index (Phi) is 5.37. The van der Waals surface area contributed by atoms with Gasteiger partial charge in [0, 0.05) is 19.2 Å². The molecule has 0 radical (unpaired) electrons.